The molecule has 0 aliphatic rings. The van der Waals surface area contributed by atoms with Gasteiger partial charge in [-0.3, -0.25) is 0 Å². The van der Waals surface area contributed by atoms with Crippen molar-refractivity contribution in [2.75, 3.05) is 24.7 Å². The predicted octanol–water partition coefficient (Wildman–Crippen LogP) is 4.38. The third-order valence-electron chi connectivity index (χ3n) is 4.04. The topological polar surface area (TPSA) is 101 Å². The standard InChI is InChI=1S/C21H26N6O2S/c1-21(2,3)29-20(28)25-11-13-8-6-7-9-14(13)15-10-16(27-18(22-4)26-15)17-12-24-19(23-5)30-17/h6-10,12H,11H2,1-5H3,(H,23,24)(H,25,28)(H,22,26,27). The van der Waals surface area contributed by atoms with E-state index in [9.17, 15) is 4.79 Å². The molecule has 0 spiro atoms. The number of hydrogen-bond acceptors (Lipinski definition) is 8. The van der Waals surface area contributed by atoms with E-state index in [4.69, 9.17) is 4.74 Å². The van der Waals surface area contributed by atoms with Crippen LogP contribution in [0.3, 0.4) is 0 Å². The number of alkyl carbamates (subject to hydrolysis) is 1. The van der Waals surface area contributed by atoms with Gasteiger partial charge in [0.2, 0.25) is 5.95 Å². The van der Waals surface area contributed by atoms with E-state index in [1.807, 2.05) is 58.2 Å². The summed E-state index contributed by atoms with van der Waals surface area (Å²) in [5, 5.41) is 9.69. The second-order valence-electron chi connectivity index (χ2n) is 7.50. The molecule has 0 saturated carbocycles. The lowest BCUT2D eigenvalue weighted by atomic mass is 10.0. The highest BCUT2D eigenvalue weighted by Gasteiger charge is 2.17. The second-order valence-corrected chi connectivity index (χ2v) is 8.53. The average molecular weight is 427 g/mol. The summed E-state index contributed by atoms with van der Waals surface area (Å²) in [4.78, 5) is 26.5. The summed E-state index contributed by atoms with van der Waals surface area (Å²) in [5.74, 6) is 0.511. The third kappa shape index (κ3) is 5.44. The van der Waals surface area contributed by atoms with Crippen LogP contribution < -0.4 is 16.0 Å². The molecule has 2 heterocycles. The van der Waals surface area contributed by atoms with Gasteiger partial charge in [-0.15, -0.1) is 0 Å². The molecule has 2 aromatic heterocycles. The smallest absolute Gasteiger partial charge is 0.407 e. The average Bonchev–Trinajstić information content (AvgIpc) is 3.20. The molecule has 3 rings (SSSR count). The van der Waals surface area contributed by atoms with Gasteiger partial charge in [-0.05, 0) is 32.4 Å². The molecule has 30 heavy (non-hydrogen) atoms. The molecule has 0 bridgehead atoms. The Morgan fingerprint density at radius 2 is 1.83 bits per heavy atom. The molecule has 0 aliphatic heterocycles. The van der Waals surface area contributed by atoms with E-state index < -0.39 is 11.7 Å². The van der Waals surface area contributed by atoms with Crippen LogP contribution in [0.4, 0.5) is 15.9 Å². The summed E-state index contributed by atoms with van der Waals surface area (Å²) in [6.07, 6.45) is 1.33. The lowest BCUT2D eigenvalue weighted by Crippen LogP contribution is -2.32. The molecule has 9 heteroatoms. The molecule has 1 aromatic carbocycles. The number of nitrogens with one attached hydrogen (secondary N) is 3. The number of thiazole rings is 1. The van der Waals surface area contributed by atoms with Crippen molar-refractivity contribution >= 4 is 28.5 Å². The van der Waals surface area contributed by atoms with E-state index in [2.05, 4.69) is 30.9 Å². The van der Waals surface area contributed by atoms with Crippen LogP contribution >= 0.6 is 11.3 Å². The lowest BCUT2D eigenvalue weighted by Gasteiger charge is -2.20. The first-order chi connectivity index (χ1) is 14.3. The van der Waals surface area contributed by atoms with Crippen LogP contribution in [0.1, 0.15) is 26.3 Å². The zero-order chi connectivity index (χ0) is 21.7. The van der Waals surface area contributed by atoms with Crippen molar-refractivity contribution in [3.63, 3.8) is 0 Å². The normalized spacial score (nSPS) is 11.1. The SMILES string of the molecule is CNc1nc(-c2cnc(NC)s2)cc(-c2ccccc2CNC(=O)OC(C)(C)C)n1. The molecular weight excluding hydrogens is 400 g/mol. The minimum absolute atomic E-state index is 0.323. The Balaban J connectivity index is 1.92. The Morgan fingerprint density at radius 1 is 1.10 bits per heavy atom. The fourth-order valence-corrected chi connectivity index (χ4v) is 3.47. The molecule has 1 amide bonds. The number of anilines is 2. The van der Waals surface area contributed by atoms with Crippen LogP contribution in [0, 0.1) is 0 Å². The van der Waals surface area contributed by atoms with Crippen molar-refractivity contribution in [2.24, 2.45) is 0 Å². The fraction of sp³-hybridized carbons (Fsp3) is 0.333. The first-order valence-electron chi connectivity index (χ1n) is 9.55. The maximum absolute atomic E-state index is 12.1. The van der Waals surface area contributed by atoms with Gasteiger partial charge in [0.15, 0.2) is 5.13 Å². The summed E-state index contributed by atoms with van der Waals surface area (Å²) >= 11 is 1.52. The highest BCUT2D eigenvalue weighted by molar-refractivity contribution is 7.18. The predicted molar refractivity (Wildman–Crippen MR) is 121 cm³/mol. The largest absolute Gasteiger partial charge is 0.444 e. The summed E-state index contributed by atoms with van der Waals surface area (Å²) in [6.45, 7) is 5.83. The van der Waals surface area contributed by atoms with Crippen molar-refractivity contribution in [3.05, 3.63) is 42.1 Å². The van der Waals surface area contributed by atoms with Gasteiger partial charge in [-0.2, -0.15) is 0 Å². The van der Waals surface area contributed by atoms with Crippen LogP contribution in [0.2, 0.25) is 0 Å². The van der Waals surface area contributed by atoms with Crippen molar-refractivity contribution in [1.29, 1.82) is 0 Å². The van der Waals surface area contributed by atoms with Crippen LogP contribution in [-0.4, -0.2) is 40.7 Å². The molecule has 0 unspecified atom stereocenters. The van der Waals surface area contributed by atoms with E-state index in [-0.39, 0.29) is 0 Å². The number of ether oxygens (including phenoxy) is 1. The van der Waals surface area contributed by atoms with Gasteiger partial charge in [-0.25, -0.2) is 19.7 Å². The van der Waals surface area contributed by atoms with Crippen LogP contribution in [0.25, 0.3) is 21.8 Å². The molecule has 3 aromatic rings. The maximum Gasteiger partial charge on any atom is 0.407 e. The fourth-order valence-electron chi connectivity index (χ4n) is 2.74. The molecule has 0 fully saturated rings. The van der Waals surface area contributed by atoms with E-state index in [1.54, 1.807) is 13.2 Å². The van der Waals surface area contributed by atoms with Crippen molar-refractivity contribution in [2.45, 2.75) is 32.9 Å². The Kier molecular flexibility index (Phi) is 6.51. The summed E-state index contributed by atoms with van der Waals surface area (Å²) in [5.41, 5.74) is 2.82. The van der Waals surface area contributed by atoms with Gasteiger partial charge in [0, 0.05) is 32.4 Å². The Labute approximate surface area is 180 Å². The number of carbonyl (C=O) groups is 1. The quantitative estimate of drug-likeness (QED) is 0.538. The van der Waals surface area contributed by atoms with E-state index in [0.29, 0.717) is 12.5 Å². The zero-order valence-electron chi connectivity index (χ0n) is 17.7. The van der Waals surface area contributed by atoms with Gasteiger partial charge in [-0.1, -0.05) is 35.6 Å². The monoisotopic (exact) mass is 426 g/mol. The highest BCUT2D eigenvalue weighted by atomic mass is 32.1. The molecule has 158 valence electrons. The molecule has 0 radical (unpaired) electrons. The maximum atomic E-state index is 12.1. The molecule has 0 aliphatic carbocycles. The number of aromatic nitrogens is 3. The summed E-state index contributed by atoms with van der Waals surface area (Å²) in [7, 11) is 3.62. The molecular formula is C21H26N6O2S. The Morgan fingerprint density at radius 3 is 2.50 bits per heavy atom. The Bertz CT molecular complexity index is 1030. The Hall–Kier alpha value is -3.20. The molecule has 3 N–H and O–H groups in total. The van der Waals surface area contributed by atoms with Crippen molar-refractivity contribution in [1.82, 2.24) is 20.3 Å². The minimum Gasteiger partial charge on any atom is -0.444 e. The van der Waals surface area contributed by atoms with Crippen molar-refractivity contribution in [3.8, 4) is 21.8 Å². The minimum atomic E-state index is -0.548. The van der Waals surface area contributed by atoms with Gasteiger partial charge in [0.25, 0.3) is 0 Å². The number of hydrogen-bond donors (Lipinski definition) is 3. The second kappa shape index (κ2) is 9.08. The van der Waals surface area contributed by atoms with E-state index >= 15 is 0 Å². The summed E-state index contributed by atoms with van der Waals surface area (Å²) < 4.78 is 5.33. The highest BCUT2D eigenvalue weighted by Crippen LogP contribution is 2.31. The number of carbonyl (C=O) groups excluding carboxylic acids is 1. The van der Waals surface area contributed by atoms with E-state index in [0.717, 1.165) is 32.5 Å². The van der Waals surface area contributed by atoms with Gasteiger partial charge < -0.3 is 20.7 Å². The van der Waals surface area contributed by atoms with Crippen LogP contribution in [0.15, 0.2) is 36.5 Å². The molecule has 0 atom stereocenters. The molecule has 8 nitrogen and oxygen atoms in total. The molecule has 0 saturated heterocycles. The lowest BCUT2D eigenvalue weighted by molar-refractivity contribution is 0.0523. The van der Waals surface area contributed by atoms with Gasteiger partial charge in [0.05, 0.1) is 16.3 Å². The van der Waals surface area contributed by atoms with Crippen molar-refractivity contribution < 1.29 is 9.53 Å². The summed E-state index contributed by atoms with van der Waals surface area (Å²) in [6, 6.07) is 9.74. The van der Waals surface area contributed by atoms with E-state index in [1.165, 1.54) is 11.3 Å². The number of benzene rings is 1. The number of amides is 1. The first-order valence-corrected chi connectivity index (χ1v) is 10.4. The van der Waals surface area contributed by atoms with Gasteiger partial charge in [0.1, 0.15) is 5.60 Å². The van der Waals surface area contributed by atoms with Crippen LogP contribution in [0.5, 0.6) is 0 Å². The number of nitrogens with zero attached hydrogens (tertiary/aromatic N) is 3. The number of rotatable bonds is 6. The zero-order valence-corrected chi connectivity index (χ0v) is 18.6. The van der Waals surface area contributed by atoms with Crippen LogP contribution in [-0.2, 0) is 11.3 Å². The first kappa shape index (κ1) is 21.5. The van der Waals surface area contributed by atoms with Gasteiger partial charge >= 0.3 is 6.09 Å². The third-order valence-corrected chi connectivity index (χ3v) is 5.07.